The molecule has 0 bridgehead atoms. The van der Waals surface area contributed by atoms with Gasteiger partial charge < -0.3 is 5.11 Å². The maximum Gasteiger partial charge on any atom is 0.290 e. The summed E-state index contributed by atoms with van der Waals surface area (Å²) in [6.45, 7) is -0.250. The van der Waals surface area contributed by atoms with Gasteiger partial charge in [0.05, 0.1) is 6.20 Å². The van der Waals surface area contributed by atoms with E-state index in [4.69, 9.17) is 21.5 Å². The summed E-state index contributed by atoms with van der Waals surface area (Å²) >= 11 is 5.33. The second kappa shape index (κ2) is 5.61. The Bertz CT molecular complexity index is 193. The summed E-state index contributed by atoms with van der Waals surface area (Å²) < 4.78 is 12.0. The molecule has 3 nitrogen and oxygen atoms in total. The van der Waals surface area contributed by atoms with Crippen LogP contribution in [0, 0.1) is 5.82 Å². The number of nitrogens with zero attached hydrogens (tertiary/aromatic N) is 1. The molecule has 0 aliphatic heterocycles. The Hall–Kier alpha value is -1.16. The van der Waals surface area contributed by atoms with Crippen LogP contribution in [0.15, 0.2) is 18.3 Å². The van der Waals surface area contributed by atoms with Crippen molar-refractivity contribution in [2.45, 2.75) is 0 Å². The van der Waals surface area contributed by atoms with Gasteiger partial charge in [0.2, 0.25) is 0 Å². The predicted molar refractivity (Wildman–Crippen MR) is 37.9 cm³/mol. The molecule has 0 unspecified atom stereocenters. The Kier molecular flexibility index (Phi) is 5.02. The molecule has 0 fully saturated rings. The smallest absolute Gasteiger partial charge is 0.290 e. The summed E-state index contributed by atoms with van der Waals surface area (Å²) in [4.78, 5) is 11.8. The van der Waals surface area contributed by atoms with E-state index >= 15 is 0 Å². The van der Waals surface area contributed by atoms with Gasteiger partial charge in [-0.25, -0.2) is 9.37 Å². The Morgan fingerprint density at radius 3 is 2.45 bits per heavy atom. The van der Waals surface area contributed by atoms with Crippen LogP contribution in [0.4, 0.5) is 4.39 Å². The molecule has 1 rings (SSSR count). The largest absolute Gasteiger partial charge is 0.483 e. The molecule has 0 saturated carbocycles. The van der Waals surface area contributed by atoms with Gasteiger partial charge >= 0.3 is 0 Å². The molecule has 0 aromatic carbocycles. The van der Waals surface area contributed by atoms with Gasteiger partial charge in [0.1, 0.15) is 11.0 Å². The van der Waals surface area contributed by atoms with Gasteiger partial charge in [0.15, 0.2) is 0 Å². The summed E-state index contributed by atoms with van der Waals surface area (Å²) in [6, 6.07) is 2.66. The average Bonchev–Trinajstić information content (AvgIpc) is 1.97. The normalized spacial score (nSPS) is 7.82. The molecule has 0 radical (unpaired) electrons. The first-order valence-electron chi connectivity index (χ1n) is 2.55. The van der Waals surface area contributed by atoms with Crippen LogP contribution in [0.25, 0.3) is 0 Å². The highest BCUT2D eigenvalue weighted by atomic mass is 35.5. The zero-order valence-corrected chi connectivity index (χ0v) is 6.12. The maximum absolute atomic E-state index is 12.0. The number of pyridine rings is 1. The van der Waals surface area contributed by atoms with Crippen molar-refractivity contribution in [2.24, 2.45) is 0 Å². The summed E-state index contributed by atoms with van der Waals surface area (Å²) in [6.07, 6.45) is 1.07. The fourth-order valence-electron chi connectivity index (χ4n) is 0.358. The third-order valence-electron chi connectivity index (χ3n) is 0.691. The monoisotopic (exact) mass is 177 g/mol. The first-order valence-corrected chi connectivity index (χ1v) is 2.93. The number of rotatable bonds is 0. The molecule has 0 amide bonds. The van der Waals surface area contributed by atoms with Crippen molar-refractivity contribution in [3.05, 3.63) is 29.3 Å². The molecule has 11 heavy (non-hydrogen) atoms. The van der Waals surface area contributed by atoms with Crippen molar-refractivity contribution >= 4 is 18.1 Å². The fraction of sp³-hybridized carbons (Fsp3) is 0. The topological polar surface area (TPSA) is 50.2 Å². The maximum atomic E-state index is 12.0. The van der Waals surface area contributed by atoms with Gasteiger partial charge in [-0.15, -0.1) is 0 Å². The summed E-state index contributed by atoms with van der Waals surface area (Å²) in [5.74, 6) is -0.366. The van der Waals surface area contributed by atoms with E-state index in [1.165, 1.54) is 12.1 Å². The van der Waals surface area contributed by atoms with Gasteiger partial charge in [0, 0.05) is 0 Å². The molecule has 0 spiro atoms. The molecule has 1 heterocycles. The number of carboxylic acid groups (broad SMARTS) is 1. The second-order valence-electron chi connectivity index (χ2n) is 1.40. The first kappa shape index (κ1) is 9.84. The SMILES string of the molecule is Fc1ccc(Cl)nc1.O=CO. The lowest BCUT2D eigenvalue weighted by Gasteiger charge is -1.84. The molecular weight excluding hydrogens is 173 g/mol. The molecule has 5 heteroatoms. The molecule has 1 aromatic heterocycles. The van der Waals surface area contributed by atoms with Crippen molar-refractivity contribution in [2.75, 3.05) is 0 Å². The number of aromatic nitrogens is 1. The van der Waals surface area contributed by atoms with Gasteiger partial charge in [0.25, 0.3) is 6.47 Å². The minimum absolute atomic E-state index is 0.250. The summed E-state index contributed by atoms with van der Waals surface area (Å²) in [5.41, 5.74) is 0. The van der Waals surface area contributed by atoms with E-state index in [1.807, 2.05) is 0 Å². The third-order valence-corrected chi connectivity index (χ3v) is 0.915. The standard InChI is InChI=1S/C5H3ClFN.CH2O2/c6-5-2-1-4(7)3-8-5;2-1-3/h1-3H;1H,(H,2,3). The molecule has 0 aliphatic rings. The van der Waals surface area contributed by atoms with Gasteiger partial charge in [-0.05, 0) is 12.1 Å². The minimum atomic E-state index is -0.366. The number of hydrogen-bond acceptors (Lipinski definition) is 2. The molecule has 1 N–H and O–H groups in total. The predicted octanol–water partition coefficient (Wildman–Crippen LogP) is 1.57. The Labute approximate surface area is 67.4 Å². The van der Waals surface area contributed by atoms with Crippen molar-refractivity contribution in [1.82, 2.24) is 4.98 Å². The number of carbonyl (C=O) groups is 1. The van der Waals surface area contributed by atoms with E-state index < -0.39 is 0 Å². The highest BCUT2D eigenvalue weighted by Gasteiger charge is 1.86. The third kappa shape index (κ3) is 5.29. The van der Waals surface area contributed by atoms with Crippen molar-refractivity contribution in [3.8, 4) is 0 Å². The Balaban J connectivity index is 0.000000292. The van der Waals surface area contributed by atoms with Crippen molar-refractivity contribution < 1.29 is 14.3 Å². The lowest BCUT2D eigenvalue weighted by atomic mass is 10.5. The van der Waals surface area contributed by atoms with Crippen LogP contribution in [-0.2, 0) is 4.79 Å². The Morgan fingerprint density at radius 2 is 2.18 bits per heavy atom. The lowest BCUT2D eigenvalue weighted by molar-refractivity contribution is -0.122. The highest BCUT2D eigenvalue weighted by Crippen LogP contribution is 2.02. The number of hydrogen-bond donors (Lipinski definition) is 1. The minimum Gasteiger partial charge on any atom is -0.483 e. The van der Waals surface area contributed by atoms with Crippen LogP contribution in [0.3, 0.4) is 0 Å². The van der Waals surface area contributed by atoms with Crippen LogP contribution >= 0.6 is 11.6 Å². The summed E-state index contributed by atoms with van der Waals surface area (Å²) in [7, 11) is 0. The molecule has 0 aliphatic carbocycles. The Morgan fingerprint density at radius 1 is 1.64 bits per heavy atom. The van der Waals surface area contributed by atoms with E-state index in [9.17, 15) is 4.39 Å². The molecule has 0 atom stereocenters. The second-order valence-corrected chi connectivity index (χ2v) is 1.79. The van der Waals surface area contributed by atoms with Crippen molar-refractivity contribution in [3.63, 3.8) is 0 Å². The first-order chi connectivity index (χ1) is 5.20. The van der Waals surface area contributed by atoms with Gasteiger partial charge in [-0.1, -0.05) is 11.6 Å². The van der Waals surface area contributed by atoms with Gasteiger partial charge in [-0.2, -0.15) is 0 Å². The van der Waals surface area contributed by atoms with Gasteiger partial charge in [-0.3, -0.25) is 4.79 Å². The van der Waals surface area contributed by atoms with Crippen LogP contribution < -0.4 is 0 Å². The number of halogens is 2. The van der Waals surface area contributed by atoms with E-state index in [-0.39, 0.29) is 12.3 Å². The lowest BCUT2D eigenvalue weighted by Crippen LogP contribution is -1.74. The van der Waals surface area contributed by atoms with E-state index in [0.29, 0.717) is 5.15 Å². The van der Waals surface area contributed by atoms with Crippen LogP contribution in [0.5, 0.6) is 0 Å². The van der Waals surface area contributed by atoms with E-state index in [2.05, 4.69) is 4.98 Å². The fourth-order valence-corrected chi connectivity index (χ4v) is 0.470. The van der Waals surface area contributed by atoms with Crippen molar-refractivity contribution in [1.29, 1.82) is 0 Å². The average molecular weight is 178 g/mol. The van der Waals surface area contributed by atoms with E-state index in [1.54, 1.807) is 0 Å². The zero-order chi connectivity index (χ0) is 8.69. The van der Waals surface area contributed by atoms with Crippen LogP contribution in [0.2, 0.25) is 5.15 Å². The molecule has 1 aromatic rings. The quantitative estimate of drug-likeness (QED) is 0.484. The van der Waals surface area contributed by atoms with Crippen LogP contribution in [-0.4, -0.2) is 16.6 Å². The van der Waals surface area contributed by atoms with Crippen LogP contribution in [0.1, 0.15) is 0 Å². The zero-order valence-electron chi connectivity index (χ0n) is 5.37. The summed E-state index contributed by atoms with van der Waals surface area (Å²) in [5, 5.41) is 7.20. The highest BCUT2D eigenvalue weighted by molar-refractivity contribution is 6.29. The molecule has 0 saturated heterocycles. The van der Waals surface area contributed by atoms with E-state index in [0.717, 1.165) is 6.20 Å². The molecule has 60 valence electrons. The molecular formula is C6H5ClFNO2.